The summed E-state index contributed by atoms with van der Waals surface area (Å²) in [5.41, 5.74) is 0. The molecule has 0 bridgehead atoms. The van der Waals surface area contributed by atoms with Crippen molar-refractivity contribution in [2.24, 2.45) is 5.92 Å². The van der Waals surface area contributed by atoms with Gasteiger partial charge in [-0.2, -0.15) is 0 Å². The number of carbonyl (C=O) groups is 1. The first-order chi connectivity index (χ1) is 6.24. The van der Waals surface area contributed by atoms with Crippen LogP contribution >= 0.6 is 0 Å². The zero-order chi connectivity index (χ0) is 9.68. The number of amides is 1. The van der Waals surface area contributed by atoms with Gasteiger partial charge in [-0.25, -0.2) is 0 Å². The molecule has 0 saturated carbocycles. The van der Waals surface area contributed by atoms with Crippen LogP contribution in [-0.2, 0) is 4.79 Å². The molecule has 0 saturated heterocycles. The standard InChI is InChI=1S/C11H17NO/c1-3-9(2)11(13)12-10-7-5-4-6-8-10/h4-7,9-10H,3,8H2,1-2H3,(H,12,13). The van der Waals surface area contributed by atoms with E-state index in [9.17, 15) is 4.79 Å². The SMILES string of the molecule is CCC(C)C(=O)NC1C=CC=CC1. The largest absolute Gasteiger partial charge is 0.349 e. The van der Waals surface area contributed by atoms with Crippen molar-refractivity contribution < 1.29 is 4.79 Å². The van der Waals surface area contributed by atoms with Crippen LogP contribution in [0.15, 0.2) is 24.3 Å². The van der Waals surface area contributed by atoms with Gasteiger partial charge in [-0.3, -0.25) is 4.79 Å². The average Bonchev–Trinajstić information content (AvgIpc) is 2.18. The van der Waals surface area contributed by atoms with E-state index in [-0.39, 0.29) is 17.9 Å². The van der Waals surface area contributed by atoms with Gasteiger partial charge in [-0.05, 0) is 12.8 Å². The minimum atomic E-state index is 0.124. The zero-order valence-corrected chi connectivity index (χ0v) is 8.29. The summed E-state index contributed by atoms with van der Waals surface area (Å²) in [6.07, 6.45) is 9.90. The summed E-state index contributed by atoms with van der Waals surface area (Å²) < 4.78 is 0. The average molecular weight is 179 g/mol. The lowest BCUT2D eigenvalue weighted by Gasteiger charge is -2.17. The van der Waals surface area contributed by atoms with Gasteiger partial charge < -0.3 is 5.32 Å². The van der Waals surface area contributed by atoms with Crippen LogP contribution in [-0.4, -0.2) is 11.9 Å². The number of hydrogen-bond acceptors (Lipinski definition) is 1. The van der Waals surface area contributed by atoms with E-state index in [1.807, 2.05) is 32.1 Å². The van der Waals surface area contributed by atoms with Gasteiger partial charge >= 0.3 is 0 Å². The van der Waals surface area contributed by atoms with Crippen LogP contribution < -0.4 is 5.32 Å². The smallest absolute Gasteiger partial charge is 0.223 e. The molecule has 1 aliphatic rings. The Morgan fingerprint density at radius 1 is 1.62 bits per heavy atom. The predicted molar refractivity (Wildman–Crippen MR) is 54.3 cm³/mol. The number of nitrogens with one attached hydrogen (secondary N) is 1. The van der Waals surface area contributed by atoms with E-state index < -0.39 is 0 Å². The monoisotopic (exact) mass is 179 g/mol. The van der Waals surface area contributed by atoms with Gasteiger partial charge in [0.15, 0.2) is 0 Å². The minimum absolute atomic E-state index is 0.124. The van der Waals surface area contributed by atoms with Crippen LogP contribution in [0.1, 0.15) is 26.7 Å². The first kappa shape index (κ1) is 10.0. The highest BCUT2D eigenvalue weighted by Crippen LogP contribution is 2.06. The van der Waals surface area contributed by atoms with Gasteiger partial charge in [-0.15, -0.1) is 0 Å². The van der Waals surface area contributed by atoms with Gasteiger partial charge in [0, 0.05) is 5.92 Å². The Kier molecular flexibility index (Phi) is 3.74. The van der Waals surface area contributed by atoms with Crippen LogP contribution in [0, 0.1) is 5.92 Å². The van der Waals surface area contributed by atoms with Crippen molar-refractivity contribution in [1.82, 2.24) is 5.32 Å². The number of allylic oxidation sites excluding steroid dienone is 2. The molecule has 1 aliphatic carbocycles. The summed E-state index contributed by atoms with van der Waals surface area (Å²) in [7, 11) is 0. The molecule has 1 N–H and O–H groups in total. The first-order valence-electron chi connectivity index (χ1n) is 4.87. The number of carbonyl (C=O) groups excluding carboxylic acids is 1. The molecule has 72 valence electrons. The Bertz CT molecular complexity index is 230. The summed E-state index contributed by atoms with van der Waals surface area (Å²) in [4.78, 5) is 11.5. The van der Waals surface area contributed by atoms with E-state index in [1.165, 1.54) is 0 Å². The van der Waals surface area contributed by atoms with Crippen molar-refractivity contribution in [2.75, 3.05) is 0 Å². The number of hydrogen-bond donors (Lipinski definition) is 1. The molecule has 2 atom stereocenters. The van der Waals surface area contributed by atoms with Crippen LogP contribution in [0.3, 0.4) is 0 Å². The third-order valence-electron chi connectivity index (χ3n) is 2.37. The fourth-order valence-corrected chi connectivity index (χ4v) is 1.20. The molecule has 2 heteroatoms. The normalized spacial score (nSPS) is 22.8. The second-order valence-electron chi connectivity index (χ2n) is 3.47. The molecule has 0 heterocycles. The van der Waals surface area contributed by atoms with Crippen molar-refractivity contribution >= 4 is 5.91 Å². The molecule has 0 aromatic rings. The second-order valence-corrected chi connectivity index (χ2v) is 3.47. The summed E-state index contributed by atoms with van der Waals surface area (Å²) in [5, 5.41) is 2.99. The second kappa shape index (κ2) is 4.85. The van der Waals surface area contributed by atoms with E-state index in [0.29, 0.717) is 0 Å². The van der Waals surface area contributed by atoms with Gasteiger partial charge in [0.05, 0.1) is 6.04 Å². The number of rotatable bonds is 3. The predicted octanol–water partition coefficient (Wildman–Crippen LogP) is 2.03. The van der Waals surface area contributed by atoms with Crippen molar-refractivity contribution in [2.45, 2.75) is 32.7 Å². The molecule has 0 spiro atoms. The Balaban J connectivity index is 2.36. The van der Waals surface area contributed by atoms with Crippen molar-refractivity contribution in [3.05, 3.63) is 24.3 Å². The molecule has 2 unspecified atom stereocenters. The highest BCUT2D eigenvalue weighted by Gasteiger charge is 2.13. The minimum Gasteiger partial charge on any atom is -0.349 e. The maximum absolute atomic E-state index is 11.5. The molecule has 0 aromatic carbocycles. The first-order valence-corrected chi connectivity index (χ1v) is 4.87. The molecule has 13 heavy (non-hydrogen) atoms. The molecular weight excluding hydrogens is 162 g/mol. The van der Waals surface area contributed by atoms with Gasteiger partial charge in [0.1, 0.15) is 0 Å². The lowest BCUT2D eigenvalue weighted by Crippen LogP contribution is -2.36. The molecule has 0 fully saturated rings. The lowest BCUT2D eigenvalue weighted by molar-refractivity contribution is -0.124. The van der Waals surface area contributed by atoms with Gasteiger partial charge in [0.2, 0.25) is 5.91 Å². The third-order valence-corrected chi connectivity index (χ3v) is 2.37. The Labute approximate surface area is 79.7 Å². The quantitative estimate of drug-likeness (QED) is 0.705. The van der Waals surface area contributed by atoms with Crippen LogP contribution in [0.2, 0.25) is 0 Å². The maximum Gasteiger partial charge on any atom is 0.223 e. The lowest BCUT2D eigenvalue weighted by atomic mass is 10.1. The highest BCUT2D eigenvalue weighted by molar-refractivity contribution is 5.78. The summed E-state index contributed by atoms with van der Waals surface area (Å²) >= 11 is 0. The Morgan fingerprint density at radius 3 is 2.92 bits per heavy atom. The zero-order valence-electron chi connectivity index (χ0n) is 8.29. The third kappa shape index (κ3) is 3.05. The van der Waals surface area contributed by atoms with E-state index >= 15 is 0 Å². The van der Waals surface area contributed by atoms with E-state index in [2.05, 4.69) is 11.4 Å². The fraction of sp³-hybridized carbons (Fsp3) is 0.545. The van der Waals surface area contributed by atoms with E-state index in [0.717, 1.165) is 12.8 Å². The Morgan fingerprint density at radius 2 is 2.38 bits per heavy atom. The molecular formula is C11H17NO. The summed E-state index contributed by atoms with van der Waals surface area (Å²) in [6.45, 7) is 3.98. The van der Waals surface area contributed by atoms with Crippen LogP contribution in [0.25, 0.3) is 0 Å². The van der Waals surface area contributed by atoms with Crippen molar-refractivity contribution in [3.8, 4) is 0 Å². The Hall–Kier alpha value is -1.05. The van der Waals surface area contributed by atoms with E-state index in [4.69, 9.17) is 0 Å². The molecule has 2 nitrogen and oxygen atoms in total. The molecule has 0 radical (unpaired) electrons. The van der Waals surface area contributed by atoms with Gasteiger partial charge in [0.25, 0.3) is 0 Å². The topological polar surface area (TPSA) is 29.1 Å². The highest BCUT2D eigenvalue weighted by atomic mass is 16.1. The summed E-state index contributed by atoms with van der Waals surface area (Å²) in [5.74, 6) is 0.284. The summed E-state index contributed by atoms with van der Waals surface area (Å²) in [6, 6.07) is 0.200. The van der Waals surface area contributed by atoms with E-state index in [1.54, 1.807) is 0 Å². The molecule has 1 rings (SSSR count). The molecule has 1 amide bonds. The molecule has 0 aliphatic heterocycles. The maximum atomic E-state index is 11.5. The fourth-order valence-electron chi connectivity index (χ4n) is 1.20. The van der Waals surface area contributed by atoms with Crippen molar-refractivity contribution in [1.29, 1.82) is 0 Å². The van der Waals surface area contributed by atoms with Crippen LogP contribution in [0.4, 0.5) is 0 Å². The van der Waals surface area contributed by atoms with Crippen LogP contribution in [0.5, 0.6) is 0 Å². The molecule has 0 aromatic heterocycles. The van der Waals surface area contributed by atoms with Gasteiger partial charge in [-0.1, -0.05) is 38.2 Å². The van der Waals surface area contributed by atoms with Crippen molar-refractivity contribution in [3.63, 3.8) is 0 Å².